The summed E-state index contributed by atoms with van der Waals surface area (Å²) in [5.74, 6) is -1.72. The smallest absolute Gasteiger partial charge is 0.341 e. The van der Waals surface area contributed by atoms with Gasteiger partial charge in [0.25, 0.3) is 11.8 Å². The van der Waals surface area contributed by atoms with Crippen molar-refractivity contribution in [3.8, 4) is 0 Å². The monoisotopic (exact) mass is 735 g/mol. The lowest BCUT2D eigenvalue weighted by Gasteiger charge is -2.16. The number of fused-ring (bicyclic) bond motifs is 1. The molecule has 1 aliphatic rings. The minimum atomic E-state index is -0.583. The van der Waals surface area contributed by atoms with Crippen LogP contribution in [-0.2, 0) is 27.2 Å². The number of hydrogen-bond donors (Lipinski definition) is 3. The Morgan fingerprint density at radius 2 is 1.69 bits per heavy atom. The third-order valence-corrected chi connectivity index (χ3v) is 11.3. The minimum Gasteiger partial charge on any atom is -0.465 e. The molecular formula is C37H35Cl2N3O5S2. The SMILES string of the molecule is CCC(Sc1cccc(NC(=O)/C(=C\c2cccc(Cl)c2Cl)NC(=O)c2ccccc2)c1)C(=O)Nc1sc2c(c1C(=O)OC)CCCCC2. The first-order chi connectivity index (χ1) is 23.7. The van der Waals surface area contributed by atoms with E-state index in [0.717, 1.165) is 47.4 Å². The van der Waals surface area contributed by atoms with Crippen molar-refractivity contribution in [1.82, 2.24) is 5.32 Å². The van der Waals surface area contributed by atoms with Crippen molar-refractivity contribution in [2.45, 2.75) is 55.6 Å². The molecule has 0 spiro atoms. The number of aryl methyl sites for hydroxylation is 1. The number of rotatable bonds is 11. The summed E-state index contributed by atoms with van der Waals surface area (Å²) >= 11 is 15.4. The highest BCUT2D eigenvalue weighted by Crippen LogP contribution is 2.39. The highest BCUT2D eigenvalue weighted by molar-refractivity contribution is 8.00. The average Bonchev–Trinajstić information content (AvgIpc) is 3.27. The lowest BCUT2D eigenvalue weighted by atomic mass is 10.1. The number of thioether (sulfide) groups is 1. The summed E-state index contributed by atoms with van der Waals surface area (Å²) in [5, 5.41) is 9.16. The molecule has 3 aromatic carbocycles. The van der Waals surface area contributed by atoms with E-state index in [4.69, 9.17) is 27.9 Å². The molecule has 0 bridgehead atoms. The van der Waals surface area contributed by atoms with Crippen molar-refractivity contribution >= 4 is 86.8 Å². The zero-order valence-corrected chi connectivity index (χ0v) is 30.1. The van der Waals surface area contributed by atoms with Crippen LogP contribution in [0.25, 0.3) is 6.08 Å². The summed E-state index contributed by atoms with van der Waals surface area (Å²) in [7, 11) is 1.35. The van der Waals surface area contributed by atoms with E-state index in [9.17, 15) is 19.2 Å². The number of carbonyl (C=O) groups excluding carboxylic acids is 4. The molecule has 8 nitrogen and oxygen atoms in total. The molecule has 1 atom stereocenters. The predicted octanol–water partition coefficient (Wildman–Crippen LogP) is 9.03. The van der Waals surface area contributed by atoms with E-state index >= 15 is 0 Å². The van der Waals surface area contributed by atoms with Crippen molar-refractivity contribution in [2.24, 2.45) is 0 Å². The number of halogens is 2. The van der Waals surface area contributed by atoms with Crippen LogP contribution in [0, 0.1) is 0 Å². The van der Waals surface area contributed by atoms with E-state index in [0.29, 0.717) is 38.8 Å². The van der Waals surface area contributed by atoms with Crippen molar-refractivity contribution < 1.29 is 23.9 Å². The normalized spacial score (nSPS) is 13.4. The number of ether oxygens (including phenoxy) is 1. The van der Waals surface area contributed by atoms with Crippen molar-refractivity contribution in [1.29, 1.82) is 0 Å². The number of nitrogens with one attached hydrogen (secondary N) is 3. The van der Waals surface area contributed by atoms with Gasteiger partial charge in [-0.3, -0.25) is 14.4 Å². The first-order valence-electron chi connectivity index (χ1n) is 15.8. The molecule has 0 aliphatic heterocycles. The standard InChI is InChI=1S/C37H35Cl2N3O5S2/c1-3-29(35(45)42-36-31(37(46)47-2)26-17-8-5-9-19-30(26)49-36)48-25-16-11-15-24(21-25)40-34(44)28(20-23-14-10-18-27(38)32(23)39)41-33(43)22-12-6-4-7-13-22/h4,6-7,10-16,18,20-21,29H,3,5,8-9,17,19H2,1-2H3,(H,40,44)(H,41,43)(H,42,45)/b28-20+. The summed E-state index contributed by atoms with van der Waals surface area (Å²) in [5.41, 5.74) is 2.68. The quantitative estimate of drug-likeness (QED) is 0.0613. The molecule has 49 heavy (non-hydrogen) atoms. The molecule has 1 heterocycles. The maximum absolute atomic E-state index is 13.6. The molecule has 4 aromatic rings. The van der Waals surface area contributed by atoms with E-state index in [1.54, 1.807) is 66.7 Å². The number of thiophene rings is 1. The summed E-state index contributed by atoms with van der Waals surface area (Å²) in [6, 6.07) is 20.6. The molecule has 12 heteroatoms. The van der Waals surface area contributed by atoms with Crippen LogP contribution in [-0.4, -0.2) is 36.1 Å². The van der Waals surface area contributed by atoms with Crippen LogP contribution in [0.2, 0.25) is 10.0 Å². The van der Waals surface area contributed by atoms with Crippen molar-refractivity contribution in [2.75, 3.05) is 17.7 Å². The molecular weight excluding hydrogens is 701 g/mol. The van der Waals surface area contributed by atoms with Gasteiger partial charge in [-0.15, -0.1) is 23.1 Å². The second-order valence-corrected chi connectivity index (χ2v) is 14.4. The molecule has 1 aromatic heterocycles. The van der Waals surface area contributed by atoms with Gasteiger partial charge in [-0.2, -0.15) is 0 Å². The fourth-order valence-corrected chi connectivity index (χ4v) is 8.06. The molecule has 254 valence electrons. The molecule has 3 N–H and O–H groups in total. The second-order valence-electron chi connectivity index (χ2n) is 11.3. The Balaban J connectivity index is 1.33. The van der Waals surface area contributed by atoms with Crippen molar-refractivity contribution in [3.63, 3.8) is 0 Å². The van der Waals surface area contributed by atoms with Gasteiger partial charge >= 0.3 is 5.97 Å². The predicted molar refractivity (Wildman–Crippen MR) is 199 cm³/mol. The van der Waals surface area contributed by atoms with E-state index in [1.807, 2.05) is 13.0 Å². The van der Waals surface area contributed by atoms with Crippen LogP contribution in [0.15, 0.2) is 83.4 Å². The van der Waals surface area contributed by atoms with Gasteiger partial charge in [0, 0.05) is 21.0 Å². The number of anilines is 2. The van der Waals surface area contributed by atoms with E-state index < -0.39 is 23.0 Å². The number of esters is 1. The van der Waals surface area contributed by atoms with Gasteiger partial charge in [-0.1, -0.05) is 72.9 Å². The van der Waals surface area contributed by atoms with E-state index in [2.05, 4.69) is 16.0 Å². The second kappa shape index (κ2) is 17.0. The molecule has 5 rings (SSSR count). The fraction of sp³-hybridized carbons (Fsp3) is 0.243. The van der Waals surface area contributed by atoms with Crippen LogP contribution in [0.1, 0.15) is 69.3 Å². The molecule has 0 saturated heterocycles. The van der Waals surface area contributed by atoms with Crippen LogP contribution < -0.4 is 16.0 Å². The maximum Gasteiger partial charge on any atom is 0.341 e. The zero-order valence-electron chi connectivity index (χ0n) is 26.9. The Bertz CT molecular complexity index is 1890. The first kappa shape index (κ1) is 36.2. The van der Waals surface area contributed by atoms with E-state index in [1.165, 1.54) is 36.3 Å². The summed E-state index contributed by atoms with van der Waals surface area (Å²) in [6.45, 7) is 1.92. The summed E-state index contributed by atoms with van der Waals surface area (Å²) in [6.07, 6.45) is 6.80. The Labute approximate surface area is 303 Å². The minimum absolute atomic E-state index is 0.0438. The number of amides is 3. The zero-order chi connectivity index (χ0) is 34.9. The Morgan fingerprint density at radius 1 is 0.939 bits per heavy atom. The van der Waals surface area contributed by atoms with Gasteiger partial charge in [-0.05, 0) is 85.7 Å². The average molecular weight is 737 g/mol. The molecule has 3 amide bonds. The third kappa shape index (κ3) is 9.13. The molecule has 0 radical (unpaired) electrons. The first-order valence-corrected chi connectivity index (χ1v) is 18.3. The fourth-order valence-electron chi connectivity index (χ4n) is 5.40. The number of carbonyl (C=O) groups is 4. The highest BCUT2D eigenvalue weighted by Gasteiger charge is 2.28. The number of methoxy groups -OCH3 is 1. The lowest BCUT2D eigenvalue weighted by molar-refractivity contribution is -0.116. The van der Waals surface area contributed by atoms with Crippen molar-refractivity contribution in [3.05, 3.63) is 116 Å². The molecule has 1 aliphatic carbocycles. The maximum atomic E-state index is 13.6. The largest absolute Gasteiger partial charge is 0.465 e. The van der Waals surface area contributed by atoms with Crippen LogP contribution >= 0.6 is 46.3 Å². The molecule has 0 saturated carbocycles. The highest BCUT2D eigenvalue weighted by atomic mass is 35.5. The van der Waals surface area contributed by atoms with Crippen LogP contribution in [0.5, 0.6) is 0 Å². The lowest BCUT2D eigenvalue weighted by Crippen LogP contribution is -2.30. The molecule has 0 fully saturated rings. The Hall–Kier alpha value is -4.09. The summed E-state index contributed by atoms with van der Waals surface area (Å²) in [4.78, 5) is 54.9. The number of benzene rings is 3. The van der Waals surface area contributed by atoms with Gasteiger partial charge in [0.2, 0.25) is 5.91 Å². The summed E-state index contributed by atoms with van der Waals surface area (Å²) < 4.78 is 5.09. The number of hydrogen-bond acceptors (Lipinski definition) is 7. The van der Waals surface area contributed by atoms with E-state index in [-0.39, 0.29) is 16.6 Å². The van der Waals surface area contributed by atoms with Gasteiger partial charge in [0.1, 0.15) is 10.7 Å². The Kier molecular flexibility index (Phi) is 12.6. The van der Waals surface area contributed by atoms with Crippen LogP contribution in [0.3, 0.4) is 0 Å². The van der Waals surface area contributed by atoms with Gasteiger partial charge < -0.3 is 20.7 Å². The van der Waals surface area contributed by atoms with Gasteiger partial charge in [0.05, 0.1) is 28.0 Å². The Morgan fingerprint density at radius 3 is 2.45 bits per heavy atom. The topological polar surface area (TPSA) is 114 Å². The third-order valence-electron chi connectivity index (χ3n) is 7.89. The van der Waals surface area contributed by atoms with Gasteiger partial charge in [-0.25, -0.2) is 4.79 Å². The van der Waals surface area contributed by atoms with Crippen LogP contribution in [0.4, 0.5) is 10.7 Å². The molecule has 1 unspecified atom stereocenters. The van der Waals surface area contributed by atoms with Gasteiger partial charge in [0.15, 0.2) is 0 Å².